The van der Waals surface area contributed by atoms with Crippen LogP contribution in [-0.2, 0) is 23.7 Å². The van der Waals surface area contributed by atoms with E-state index in [1.54, 1.807) is 30.3 Å². The first-order chi connectivity index (χ1) is 20.0. The smallest absolute Gasteiger partial charge is 0.459 e. The predicted octanol–water partition coefficient (Wildman–Crippen LogP) is 1.51. The Morgan fingerprint density at radius 2 is 1.98 bits per heavy atom. The number of aromatic nitrogens is 3. The van der Waals surface area contributed by atoms with Gasteiger partial charge >= 0.3 is 17.8 Å². The van der Waals surface area contributed by atoms with Gasteiger partial charge in [-0.05, 0) is 12.5 Å². The minimum absolute atomic E-state index is 0.0490. The van der Waals surface area contributed by atoms with Gasteiger partial charge < -0.3 is 24.2 Å². The molecule has 42 heavy (non-hydrogen) atoms. The van der Waals surface area contributed by atoms with Crippen LogP contribution in [0.3, 0.4) is 0 Å². The van der Waals surface area contributed by atoms with E-state index in [0.717, 1.165) is 22.9 Å². The van der Waals surface area contributed by atoms with Crippen LogP contribution in [0.5, 0.6) is 0 Å². The SMILES string of the molecule is CC(=O)OC1C[C@H](n2cc(C)c(=O)[nH]c2=O)O[C@@H]1COC(=O)OCC(N=c1cc([N+](=O)[O-])ccn1O)c1ccccc1. The lowest BCUT2D eigenvalue weighted by Gasteiger charge is -2.19. The first kappa shape index (κ1) is 29.7. The first-order valence-corrected chi connectivity index (χ1v) is 12.6. The lowest BCUT2D eigenvalue weighted by Crippen LogP contribution is -2.33. The van der Waals surface area contributed by atoms with Gasteiger partial charge in [0.05, 0.1) is 17.2 Å². The normalized spacial score (nSPS) is 19.2. The lowest BCUT2D eigenvalue weighted by molar-refractivity contribution is -0.385. The molecule has 222 valence electrons. The number of hydrogen-bond donors (Lipinski definition) is 2. The van der Waals surface area contributed by atoms with Crippen molar-refractivity contribution in [3.8, 4) is 0 Å². The van der Waals surface area contributed by atoms with Crippen molar-refractivity contribution >= 4 is 17.8 Å². The summed E-state index contributed by atoms with van der Waals surface area (Å²) in [6.07, 6.45) is -1.44. The fourth-order valence-corrected chi connectivity index (χ4v) is 4.22. The van der Waals surface area contributed by atoms with Crippen LogP contribution in [0.2, 0.25) is 0 Å². The maximum absolute atomic E-state index is 12.5. The van der Waals surface area contributed by atoms with E-state index in [1.807, 2.05) is 0 Å². The van der Waals surface area contributed by atoms with Crippen LogP contribution >= 0.6 is 0 Å². The number of carbonyl (C=O) groups is 2. The van der Waals surface area contributed by atoms with Gasteiger partial charge in [0.2, 0.25) is 0 Å². The second-order valence-corrected chi connectivity index (χ2v) is 9.26. The number of carbonyl (C=O) groups excluding carboxylic acids is 2. The largest absolute Gasteiger partial charge is 0.508 e. The van der Waals surface area contributed by atoms with Crippen LogP contribution in [0.15, 0.2) is 69.4 Å². The molecule has 3 aromatic rings. The summed E-state index contributed by atoms with van der Waals surface area (Å²) in [5.41, 5.74) is -0.883. The number of benzene rings is 1. The van der Waals surface area contributed by atoms with Crippen molar-refractivity contribution in [1.29, 1.82) is 0 Å². The molecule has 4 atom stereocenters. The molecule has 1 aromatic carbocycles. The van der Waals surface area contributed by atoms with E-state index in [9.17, 15) is 34.5 Å². The Hall–Kier alpha value is -5.25. The molecule has 2 unspecified atom stereocenters. The zero-order valence-electron chi connectivity index (χ0n) is 22.4. The van der Waals surface area contributed by atoms with Crippen molar-refractivity contribution in [3.63, 3.8) is 0 Å². The lowest BCUT2D eigenvalue weighted by atomic mass is 10.1. The first-order valence-electron chi connectivity index (χ1n) is 12.6. The molecule has 0 saturated carbocycles. The fraction of sp³-hybridized carbons (Fsp3) is 0.346. The van der Waals surface area contributed by atoms with E-state index in [4.69, 9.17) is 18.9 Å². The summed E-state index contributed by atoms with van der Waals surface area (Å²) < 4.78 is 23.3. The highest BCUT2D eigenvalue weighted by Gasteiger charge is 2.40. The topological polar surface area (TPSA) is 207 Å². The summed E-state index contributed by atoms with van der Waals surface area (Å²) in [6, 6.07) is 9.85. The van der Waals surface area contributed by atoms with Crippen LogP contribution in [0, 0.1) is 17.0 Å². The number of hydrogen-bond acceptors (Lipinski definition) is 12. The van der Waals surface area contributed by atoms with Gasteiger partial charge in [-0.2, -0.15) is 4.73 Å². The van der Waals surface area contributed by atoms with Crippen molar-refractivity contribution in [2.75, 3.05) is 13.2 Å². The summed E-state index contributed by atoms with van der Waals surface area (Å²) in [6.45, 7) is 1.94. The van der Waals surface area contributed by atoms with Gasteiger partial charge in [-0.1, -0.05) is 30.3 Å². The molecular weight excluding hydrogens is 558 g/mol. The molecule has 2 N–H and O–H groups in total. The zero-order valence-corrected chi connectivity index (χ0v) is 22.4. The number of aromatic amines is 1. The van der Waals surface area contributed by atoms with Crippen molar-refractivity contribution in [2.45, 2.75) is 44.7 Å². The van der Waals surface area contributed by atoms with Crippen LogP contribution in [-0.4, -0.2) is 62.0 Å². The number of ether oxygens (including phenoxy) is 4. The van der Waals surface area contributed by atoms with E-state index < -0.39 is 59.4 Å². The van der Waals surface area contributed by atoms with E-state index in [0.29, 0.717) is 10.3 Å². The quantitative estimate of drug-likeness (QED) is 0.159. The summed E-state index contributed by atoms with van der Waals surface area (Å²) in [5, 5.41) is 21.3. The van der Waals surface area contributed by atoms with Gasteiger partial charge in [-0.15, -0.1) is 0 Å². The second-order valence-electron chi connectivity index (χ2n) is 9.26. The molecule has 1 saturated heterocycles. The molecule has 0 bridgehead atoms. The Labute approximate surface area is 236 Å². The number of aryl methyl sites for hydroxylation is 1. The van der Waals surface area contributed by atoms with E-state index in [1.165, 1.54) is 20.0 Å². The number of nitro groups is 1. The maximum Gasteiger partial charge on any atom is 0.508 e. The Balaban J connectivity index is 1.46. The Bertz CT molecular complexity index is 1650. The summed E-state index contributed by atoms with van der Waals surface area (Å²) >= 11 is 0. The number of esters is 1. The third-order valence-corrected chi connectivity index (χ3v) is 6.26. The Morgan fingerprint density at radius 1 is 1.24 bits per heavy atom. The molecule has 2 aromatic heterocycles. The summed E-state index contributed by atoms with van der Waals surface area (Å²) in [4.78, 5) is 65.2. The van der Waals surface area contributed by atoms with E-state index in [2.05, 4.69) is 9.98 Å². The third kappa shape index (κ3) is 7.28. The predicted molar refractivity (Wildman–Crippen MR) is 140 cm³/mol. The molecule has 1 aliphatic rings. The standard InChI is InChI=1S/C26H27N5O11/c1-15-12-29(25(34)28-24(15)33)23-11-20(41-16(2)32)21(42-23)14-40-26(35)39-13-19(17-6-4-3-5-7-17)27-22-10-18(31(37)38)8-9-30(22)36/h3-10,12,19-21,23,36H,11,13-14H2,1-2H3,(H,28,33,34)/t19?,20?,21-,23-/m1/s1. The highest BCUT2D eigenvalue weighted by Crippen LogP contribution is 2.30. The van der Waals surface area contributed by atoms with Gasteiger partial charge in [0.1, 0.15) is 37.7 Å². The number of nitrogens with one attached hydrogen (secondary N) is 1. The number of pyridine rings is 1. The molecule has 16 nitrogen and oxygen atoms in total. The zero-order chi connectivity index (χ0) is 30.4. The maximum atomic E-state index is 12.5. The van der Waals surface area contributed by atoms with E-state index >= 15 is 0 Å². The second kappa shape index (κ2) is 12.9. The number of H-pyrrole nitrogens is 1. The van der Waals surface area contributed by atoms with Crippen molar-refractivity contribution in [1.82, 2.24) is 14.3 Å². The Morgan fingerprint density at radius 3 is 2.67 bits per heavy atom. The third-order valence-electron chi connectivity index (χ3n) is 6.26. The molecular formula is C26H27N5O11. The molecule has 1 fully saturated rings. The van der Waals surface area contributed by atoms with Crippen molar-refractivity contribution in [2.24, 2.45) is 4.99 Å². The summed E-state index contributed by atoms with van der Waals surface area (Å²) in [7, 11) is 0. The fourth-order valence-electron chi connectivity index (χ4n) is 4.22. The molecule has 1 aliphatic heterocycles. The van der Waals surface area contributed by atoms with Crippen LogP contribution in [0.4, 0.5) is 10.5 Å². The molecule has 0 radical (unpaired) electrons. The molecule has 3 heterocycles. The minimum Gasteiger partial charge on any atom is -0.459 e. The monoisotopic (exact) mass is 585 g/mol. The molecule has 4 rings (SSSR count). The van der Waals surface area contributed by atoms with E-state index in [-0.39, 0.29) is 29.8 Å². The number of rotatable bonds is 9. The van der Waals surface area contributed by atoms with Crippen LogP contribution < -0.4 is 16.7 Å². The Kier molecular flexibility index (Phi) is 9.16. The van der Waals surface area contributed by atoms with Gasteiger partial charge in [-0.25, -0.2) is 9.59 Å². The molecule has 0 aliphatic carbocycles. The highest BCUT2D eigenvalue weighted by molar-refractivity contribution is 5.66. The molecule has 0 amide bonds. The molecule has 0 spiro atoms. The van der Waals surface area contributed by atoms with Gasteiger partial charge in [-0.3, -0.25) is 34.2 Å². The molecule has 16 heteroatoms. The summed E-state index contributed by atoms with van der Waals surface area (Å²) in [5.74, 6) is -0.614. The van der Waals surface area contributed by atoms with Crippen LogP contribution in [0.25, 0.3) is 0 Å². The highest BCUT2D eigenvalue weighted by atomic mass is 16.7. The number of nitrogens with zero attached hydrogens (tertiary/aromatic N) is 4. The average Bonchev–Trinajstić information content (AvgIpc) is 3.34. The van der Waals surface area contributed by atoms with Gasteiger partial charge in [0, 0.05) is 31.2 Å². The van der Waals surface area contributed by atoms with Crippen LogP contribution in [0.1, 0.15) is 36.7 Å². The average molecular weight is 586 g/mol. The van der Waals surface area contributed by atoms with Crippen molar-refractivity contribution in [3.05, 3.63) is 102 Å². The minimum atomic E-state index is -1.12. The van der Waals surface area contributed by atoms with Crippen molar-refractivity contribution < 1.29 is 38.7 Å². The van der Waals surface area contributed by atoms with Gasteiger partial charge in [0.15, 0.2) is 5.49 Å². The van der Waals surface area contributed by atoms with Gasteiger partial charge in [0.25, 0.3) is 11.2 Å².